The van der Waals surface area contributed by atoms with Gasteiger partial charge in [-0.15, -0.1) is 0 Å². The van der Waals surface area contributed by atoms with Crippen molar-refractivity contribution in [1.29, 1.82) is 0 Å². The third kappa shape index (κ3) is 19.4. The number of unbranched alkanes of at least 4 members (excludes halogenated alkanes) is 2. The molecule has 3 aliphatic heterocycles. The molecule has 0 saturated carbocycles. The van der Waals surface area contributed by atoms with Crippen molar-refractivity contribution in [3.05, 3.63) is 119 Å². The molecule has 0 radical (unpaired) electrons. The molecular weight excluding hydrogens is 1110 g/mol. The number of alkyl halides is 1. The number of urea groups is 1. The van der Waals surface area contributed by atoms with Crippen molar-refractivity contribution < 1.29 is 69.8 Å². The molecule has 454 valence electrons. The number of ether oxygens (including phenoxy) is 1. The van der Waals surface area contributed by atoms with Crippen molar-refractivity contribution >= 4 is 74.4 Å². The minimum atomic E-state index is -3.43. The van der Waals surface area contributed by atoms with E-state index in [1.165, 1.54) is 24.0 Å². The molecule has 0 aromatic heterocycles. The molecule has 3 aromatic rings. The van der Waals surface area contributed by atoms with Gasteiger partial charge in [0.2, 0.25) is 11.8 Å². The minimum Gasteiger partial charge on any atom is -0.445 e. The molecule has 84 heavy (non-hydrogen) atoms. The van der Waals surface area contributed by atoms with Crippen LogP contribution in [0.1, 0.15) is 102 Å². The van der Waals surface area contributed by atoms with Gasteiger partial charge in [0.15, 0.2) is 5.78 Å². The van der Waals surface area contributed by atoms with Crippen LogP contribution < -0.4 is 27.0 Å². The number of halogens is 3. The van der Waals surface area contributed by atoms with Gasteiger partial charge < -0.3 is 41.7 Å². The number of aliphatic hydroxyl groups is 1. The van der Waals surface area contributed by atoms with E-state index in [2.05, 4.69) is 21.3 Å². The van der Waals surface area contributed by atoms with Gasteiger partial charge in [0.1, 0.15) is 40.9 Å². The molecule has 3 aromatic carbocycles. The van der Waals surface area contributed by atoms with Gasteiger partial charge in [-0.05, 0) is 118 Å². The van der Waals surface area contributed by atoms with E-state index in [9.17, 15) is 60.7 Å². The molecule has 0 spiro atoms. The van der Waals surface area contributed by atoms with E-state index in [1.54, 1.807) is 44.2 Å². The van der Waals surface area contributed by atoms with Crippen LogP contribution in [0.25, 0.3) is 5.70 Å². The van der Waals surface area contributed by atoms with E-state index in [0.29, 0.717) is 49.1 Å². The highest BCUT2D eigenvalue weighted by atomic mass is 32.2. The molecule has 20 nitrogen and oxygen atoms in total. The average molecular weight is 1190 g/mol. The van der Waals surface area contributed by atoms with Gasteiger partial charge in [-0.3, -0.25) is 38.7 Å². The number of Topliss-reactive ketones (excluding diaryl/α,β-unsaturated/α-hetero) is 1. The first-order chi connectivity index (χ1) is 40.0. The lowest BCUT2D eigenvalue weighted by atomic mass is 9.82. The maximum absolute atomic E-state index is 15.4. The maximum Gasteiger partial charge on any atom is 0.407 e. The highest BCUT2D eigenvalue weighted by Crippen LogP contribution is 2.37. The van der Waals surface area contributed by atoms with Crippen molar-refractivity contribution in [2.24, 2.45) is 34.4 Å². The Morgan fingerprint density at radius 2 is 1.56 bits per heavy atom. The number of rotatable bonds is 31. The summed E-state index contributed by atoms with van der Waals surface area (Å²) in [6.07, 6.45) is 3.61. The highest BCUT2D eigenvalue weighted by Gasteiger charge is 2.43. The van der Waals surface area contributed by atoms with E-state index >= 15 is 4.39 Å². The van der Waals surface area contributed by atoms with Gasteiger partial charge in [-0.1, -0.05) is 62.7 Å². The third-order valence-corrected chi connectivity index (χ3v) is 16.7. The van der Waals surface area contributed by atoms with Crippen LogP contribution in [0.2, 0.25) is 0 Å². The van der Waals surface area contributed by atoms with E-state index in [0.717, 1.165) is 28.7 Å². The van der Waals surface area contributed by atoms with Crippen molar-refractivity contribution in [3.8, 4) is 0 Å². The van der Waals surface area contributed by atoms with E-state index < -0.39 is 94.1 Å². The Labute approximate surface area is 487 Å². The molecule has 6 atom stereocenters. The summed E-state index contributed by atoms with van der Waals surface area (Å²) in [5.41, 5.74) is 7.19. The first-order valence-corrected chi connectivity index (χ1v) is 30.1. The van der Waals surface area contributed by atoms with Gasteiger partial charge in [0.25, 0.3) is 17.7 Å². The number of aliphatic hydroxyl groups excluding tert-OH is 1. The van der Waals surface area contributed by atoms with Gasteiger partial charge in [0, 0.05) is 73.4 Å². The van der Waals surface area contributed by atoms with Gasteiger partial charge >= 0.3 is 12.1 Å². The molecule has 24 heteroatoms. The molecule has 7 N–H and O–H groups in total. The highest BCUT2D eigenvalue weighted by molar-refractivity contribution is 7.91. The fourth-order valence-electron chi connectivity index (χ4n) is 10.5. The molecule has 1 unspecified atom stereocenters. The summed E-state index contributed by atoms with van der Waals surface area (Å²) in [4.78, 5) is 110. The summed E-state index contributed by atoms with van der Waals surface area (Å²) in [6.45, 7) is 3.48. The number of nitrogens with one attached hydrogen (secondary N) is 4. The van der Waals surface area contributed by atoms with Crippen LogP contribution in [0.15, 0.2) is 96.0 Å². The number of imide groups is 1. The Kier molecular flexibility index (Phi) is 24.3. The number of anilines is 1. The molecule has 1 saturated heterocycles. The average Bonchev–Trinajstić information content (AvgIpc) is 2.30. The number of benzene rings is 3. The molecule has 0 aliphatic carbocycles. The Morgan fingerprint density at radius 3 is 2.20 bits per heavy atom. The second-order valence-electron chi connectivity index (χ2n) is 21.8. The van der Waals surface area contributed by atoms with Crippen LogP contribution in [-0.2, 0) is 56.4 Å². The van der Waals surface area contributed by atoms with Crippen LogP contribution >= 0.6 is 0 Å². The number of hydrogen-bond acceptors (Lipinski definition) is 13. The van der Waals surface area contributed by atoms with E-state index in [1.807, 2.05) is 30.3 Å². The molecule has 0 bridgehead atoms. The number of allylic oxidation sites excluding steroid dienone is 1. The predicted molar refractivity (Wildman–Crippen MR) is 308 cm³/mol. The molecule has 1 fully saturated rings. The van der Waals surface area contributed by atoms with Crippen molar-refractivity contribution in [2.45, 2.75) is 122 Å². The summed E-state index contributed by atoms with van der Waals surface area (Å²) in [5.74, 6) is -7.06. The molecule has 6 rings (SSSR count). The number of ketones is 1. The third-order valence-electron chi connectivity index (χ3n) is 15.0. The quantitative estimate of drug-likeness (QED) is 0.0307. The Bertz CT molecular complexity index is 3020. The molecular formula is C60H75F3N8O12S. The number of hydrogen-bond donors (Lipinski definition) is 6. The number of aliphatic imine (C=N–C) groups is 1. The summed E-state index contributed by atoms with van der Waals surface area (Å²) < 4.78 is 75.8. The second-order valence-corrected chi connectivity index (χ2v) is 24.1. The standard InChI is InChI=1S/C60H75F3N8O12S/c1-37(2)54(69-51(74)14-8-5-9-27-70-52(75)21-22-53(70)76)50(73)33-42(13-10-26-65-59(64)79)57(77)66-45-18-15-40(16-19-45)36-83-60(80)67-46(35-61)23-28-71(58(78)38(3)72)56(41-24-29-84(81,82)30-25-41)55-43(31-39-11-6-4-7-12-39)32-49(68-55)47-34-44(62)17-20-48(47)63/h4,6-7,11-12,15-22,32,34,37-38,41-43,46,54,56,72H,5,8-10,13-14,23-31,33,35-36H2,1-3H3,(H,66,77)(H,67,80)(H,69,74)(H3,64,65,79)/t38-,42+,43?,46-,54-,56+/m0/s1. The second kappa shape index (κ2) is 31.2. The zero-order chi connectivity index (χ0) is 61.1. The number of sulfone groups is 1. The topological polar surface area (TPSA) is 293 Å². The number of nitrogens with zero attached hydrogens (tertiary/aromatic N) is 3. The first-order valence-electron chi connectivity index (χ1n) is 28.3. The lowest BCUT2D eigenvalue weighted by Gasteiger charge is -2.41. The number of alkyl carbamates (subject to hydrolysis) is 1. The first kappa shape index (κ1) is 65.4. The fourth-order valence-corrected chi connectivity index (χ4v) is 12.0. The zero-order valence-electron chi connectivity index (χ0n) is 47.4. The lowest BCUT2D eigenvalue weighted by molar-refractivity contribution is -0.141. The Hall–Kier alpha value is -7.73. The predicted octanol–water partition coefficient (Wildman–Crippen LogP) is 6.27. The SMILES string of the molecule is CC(C)[C@H](NC(=O)CCCCCN1C(=O)C=CC1=O)C(=O)C[C@@H](CCCNC(N)=O)C(=O)Nc1ccc(COC(=O)N[C@H](CF)CCN(C(=O)[C@H](C)O)[C@@H](C2=NC(c3cc(F)ccc3F)=CC2Cc2ccccc2)C2CCS(=O)(=O)CC2)cc1. The van der Waals surface area contributed by atoms with Crippen LogP contribution in [0.4, 0.5) is 28.4 Å². The number of nitrogens with two attached hydrogens (primary N) is 1. The van der Waals surface area contributed by atoms with Crippen LogP contribution in [-0.4, -0.2) is 139 Å². The fraction of sp³-hybridized carbons (Fsp3) is 0.483. The van der Waals surface area contributed by atoms with Crippen LogP contribution in [0.3, 0.4) is 0 Å². The largest absolute Gasteiger partial charge is 0.445 e. The Morgan fingerprint density at radius 1 is 0.869 bits per heavy atom. The number of carbonyl (C=O) groups is 8. The molecule has 8 amide bonds. The number of amides is 8. The van der Waals surface area contributed by atoms with Crippen LogP contribution in [0, 0.1) is 35.3 Å². The van der Waals surface area contributed by atoms with E-state index in [4.69, 9.17) is 15.5 Å². The van der Waals surface area contributed by atoms with Crippen LogP contribution in [0.5, 0.6) is 0 Å². The molecule has 3 heterocycles. The van der Waals surface area contributed by atoms with Crippen molar-refractivity contribution in [1.82, 2.24) is 25.8 Å². The van der Waals surface area contributed by atoms with Gasteiger partial charge in [-0.2, -0.15) is 0 Å². The van der Waals surface area contributed by atoms with Gasteiger partial charge in [0.05, 0.1) is 35.3 Å². The summed E-state index contributed by atoms with van der Waals surface area (Å²) in [7, 11) is -3.43. The van der Waals surface area contributed by atoms with Crippen molar-refractivity contribution in [3.63, 3.8) is 0 Å². The summed E-state index contributed by atoms with van der Waals surface area (Å²) >= 11 is 0. The summed E-state index contributed by atoms with van der Waals surface area (Å²) in [6, 6.07) is 14.5. The number of carbonyl (C=O) groups excluding carboxylic acids is 8. The maximum atomic E-state index is 15.4. The monoisotopic (exact) mass is 1190 g/mol. The number of primary amides is 1. The van der Waals surface area contributed by atoms with E-state index in [-0.39, 0.29) is 117 Å². The summed E-state index contributed by atoms with van der Waals surface area (Å²) in [5, 5.41) is 21.4. The van der Waals surface area contributed by atoms with Crippen molar-refractivity contribution in [2.75, 3.05) is 43.1 Å². The lowest BCUT2D eigenvalue weighted by Crippen LogP contribution is -2.55. The smallest absolute Gasteiger partial charge is 0.407 e. The zero-order valence-corrected chi connectivity index (χ0v) is 48.2. The normalized spacial score (nSPS) is 17.6. The molecule has 3 aliphatic rings. The Balaban J connectivity index is 1.08. The minimum absolute atomic E-state index is 0.0963. The van der Waals surface area contributed by atoms with Gasteiger partial charge in [-0.25, -0.2) is 31.2 Å².